The first-order valence-electron chi connectivity index (χ1n) is 8.21. The predicted octanol–water partition coefficient (Wildman–Crippen LogP) is 3.02. The molecule has 2 aromatic carbocycles. The van der Waals surface area contributed by atoms with Crippen LogP contribution in [0.4, 0.5) is 5.69 Å². The van der Waals surface area contributed by atoms with Crippen molar-refractivity contribution in [3.05, 3.63) is 60.2 Å². The molecule has 25 heavy (non-hydrogen) atoms. The van der Waals surface area contributed by atoms with Crippen molar-refractivity contribution in [1.82, 2.24) is 5.32 Å². The molecule has 0 saturated carbocycles. The van der Waals surface area contributed by atoms with Crippen molar-refractivity contribution in [2.24, 2.45) is 5.41 Å². The average Bonchev–Trinajstić information content (AvgIpc) is 2.63. The number of hydrogen-bond acceptors (Lipinski definition) is 3. The molecule has 5 heteroatoms. The quantitative estimate of drug-likeness (QED) is 0.761. The van der Waals surface area contributed by atoms with Crippen LogP contribution >= 0.6 is 0 Å². The highest BCUT2D eigenvalue weighted by Gasteiger charge is 2.35. The summed E-state index contributed by atoms with van der Waals surface area (Å²) in [7, 11) is 1.58. The SMILES string of the molecule is COc1ccc(NC(=O)C(C)(C)C(=O)NCCc2ccccc2)cc1. The maximum Gasteiger partial charge on any atom is 0.239 e. The molecule has 2 rings (SSSR count). The summed E-state index contributed by atoms with van der Waals surface area (Å²) in [6, 6.07) is 16.9. The molecule has 0 atom stereocenters. The summed E-state index contributed by atoms with van der Waals surface area (Å²) < 4.78 is 5.08. The monoisotopic (exact) mass is 340 g/mol. The normalized spacial score (nSPS) is 10.8. The van der Waals surface area contributed by atoms with Crippen molar-refractivity contribution in [3.63, 3.8) is 0 Å². The molecule has 0 saturated heterocycles. The predicted molar refractivity (Wildman–Crippen MR) is 98.6 cm³/mol. The second-order valence-corrected chi connectivity index (χ2v) is 6.30. The number of methoxy groups -OCH3 is 1. The Kier molecular flexibility index (Phi) is 6.17. The van der Waals surface area contributed by atoms with E-state index < -0.39 is 5.41 Å². The summed E-state index contributed by atoms with van der Waals surface area (Å²) >= 11 is 0. The minimum absolute atomic E-state index is 0.297. The fourth-order valence-electron chi connectivity index (χ4n) is 2.25. The lowest BCUT2D eigenvalue weighted by molar-refractivity contribution is -0.138. The Morgan fingerprint density at radius 1 is 0.960 bits per heavy atom. The van der Waals surface area contributed by atoms with Gasteiger partial charge in [-0.3, -0.25) is 9.59 Å². The lowest BCUT2D eigenvalue weighted by atomic mass is 9.91. The smallest absolute Gasteiger partial charge is 0.239 e. The third-order valence-corrected chi connectivity index (χ3v) is 4.03. The number of benzene rings is 2. The van der Waals surface area contributed by atoms with E-state index in [2.05, 4.69) is 10.6 Å². The van der Waals surface area contributed by atoms with Crippen molar-refractivity contribution >= 4 is 17.5 Å². The van der Waals surface area contributed by atoms with E-state index in [9.17, 15) is 9.59 Å². The van der Waals surface area contributed by atoms with Crippen LogP contribution in [0.25, 0.3) is 0 Å². The number of amides is 2. The van der Waals surface area contributed by atoms with Gasteiger partial charge in [-0.2, -0.15) is 0 Å². The van der Waals surface area contributed by atoms with E-state index in [0.29, 0.717) is 18.0 Å². The Labute approximate surface area is 148 Å². The molecule has 0 aliphatic heterocycles. The third kappa shape index (κ3) is 5.08. The van der Waals surface area contributed by atoms with Gasteiger partial charge in [0, 0.05) is 12.2 Å². The summed E-state index contributed by atoms with van der Waals surface area (Å²) in [5.74, 6) is 0.0558. The molecular weight excluding hydrogens is 316 g/mol. The molecule has 0 bridgehead atoms. The zero-order chi connectivity index (χ0) is 18.3. The number of nitrogens with one attached hydrogen (secondary N) is 2. The van der Waals surface area contributed by atoms with Crippen molar-refractivity contribution < 1.29 is 14.3 Å². The number of ether oxygens (including phenoxy) is 1. The summed E-state index contributed by atoms with van der Waals surface area (Å²) in [5.41, 5.74) is 0.593. The molecule has 0 heterocycles. The lowest BCUT2D eigenvalue weighted by Crippen LogP contribution is -2.45. The minimum Gasteiger partial charge on any atom is -0.497 e. The third-order valence-electron chi connectivity index (χ3n) is 4.03. The molecule has 0 unspecified atom stereocenters. The molecule has 2 amide bonds. The maximum atomic E-state index is 12.5. The van der Waals surface area contributed by atoms with Gasteiger partial charge in [0.25, 0.3) is 0 Å². The fraction of sp³-hybridized carbons (Fsp3) is 0.300. The van der Waals surface area contributed by atoms with Gasteiger partial charge in [0.15, 0.2) is 0 Å². The van der Waals surface area contributed by atoms with E-state index in [1.54, 1.807) is 45.2 Å². The van der Waals surface area contributed by atoms with E-state index >= 15 is 0 Å². The Hall–Kier alpha value is -2.82. The first kappa shape index (κ1) is 18.5. The number of carbonyl (C=O) groups excluding carboxylic acids is 2. The highest BCUT2D eigenvalue weighted by Crippen LogP contribution is 2.21. The molecule has 0 aromatic heterocycles. The highest BCUT2D eigenvalue weighted by molar-refractivity contribution is 6.09. The van der Waals surface area contributed by atoms with Gasteiger partial charge in [-0.1, -0.05) is 30.3 Å². The first-order chi connectivity index (χ1) is 11.9. The van der Waals surface area contributed by atoms with Gasteiger partial charge >= 0.3 is 0 Å². The second kappa shape index (κ2) is 8.33. The van der Waals surface area contributed by atoms with E-state index in [4.69, 9.17) is 4.74 Å². The van der Waals surface area contributed by atoms with Crippen LogP contribution in [0, 0.1) is 5.41 Å². The fourth-order valence-corrected chi connectivity index (χ4v) is 2.25. The summed E-state index contributed by atoms with van der Waals surface area (Å²) in [4.78, 5) is 24.9. The topological polar surface area (TPSA) is 67.4 Å². The molecule has 0 fully saturated rings. The molecule has 0 aliphatic rings. The van der Waals surface area contributed by atoms with Crippen LogP contribution in [0.2, 0.25) is 0 Å². The largest absolute Gasteiger partial charge is 0.497 e. The van der Waals surface area contributed by atoms with Crippen LogP contribution in [0.1, 0.15) is 19.4 Å². The number of hydrogen-bond donors (Lipinski definition) is 2. The zero-order valence-electron chi connectivity index (χ0n) is 14.8. The molecule has 0 spiro atoms. The van der Waals surface area contributed by atoms with E-state index in [0.717, 1.165) is 12.0 Å². The first-order valence-corrected chi connectivity index (χ1v) is 8.21. The van der Waals surface area contributed by atoms with E-state index in [1.807, 2.05) is 30.3 Å². The van der Waals surface area contributed by atoms with Gasteiger partial charge in [-0.25, -0.2) is 0 Å². The van der Waals surface area contributed by atoms with Crippen molar-refractivity contribution in [3.8, 4) is 5.75 Å². The van der Waals surface area contributed by atoms with Crippen LogP contribution < -0.4 is 15.4 Å². The molecule has 0 radical (unpaired) electrons. The van der Waals surface area contributed by atoms with Crippen LogP contribution in [-0.2, 0) is 16.0 Å². The van der Waals surface area contributed by atoms with Crippen molar-refractivity contribution in [1.29, 1.82) is 0 Å². The second-order valence-electron chi connectivity index (χ2n) is 6.30. The average molecular weight is 340 g/mol. The van der Waals surface area contributed by atoms with Gasteiger partial charge in [-0.05, 0) is 50.1 Å². The Morgan fingerprint density at radius 2 is 1.60 bits per heavy atom. The van der Waals surface area contributed by atoms with Gasteiger partial charge in [0.2, 0.25) is 11.8 Å². The van der Waals surface area contributed by atoms with Crippen LogP contribution in [0.3, 0.4) is 0 Å². The molecule has 5 nitrogen and oxygen atoms in total. The van der Waals surface area contributed by atoms with E-state index in [-0.39, 0.29) is 11.8 Å². The molecule has 0 aliphatic carbocycles. The maximum absolute atomic E-state index is 12.5. The van der Waals surface area contributed by atoms with Crippen molar-refractivity contribution in [2.75, 3.05) is 19.0 Å². The highest BCUT2D eigenvalue weighted by atomic mass is 16.5. The zero-order valence-corrected chi connectivity index (χ0v) is 14.8. The van der Waals surface area contributed by atoms with Gasteiger partial charge in [0.05, 0.1) is 7.11 Å². The molecule has 2 aromatic rings. The lowest BCUT2D eigenvalue weighted by Gasteiger charge is -2.22. The standard InChI is InChI=1S/C20H24N2O3/c1-20(2,18(23)21-14-13-15-7-5-4-6-8-15)19(24)22-16-9-11-17(25-3)12-10-16/h4-12H,13-14H2,1-3H3,(H,21,23)(H,22,24). The van der Waals surface area contributed by atoms with Crippen LogP contribution in [0.5, 0.6) is 5.75 Å². The minimum atomic E-state index is -1.17. The van der Waals surface area contributed by atoms with Gasteiger partial charge in [-0.15, -0.1) is 0 Å². The summed E-state index contributed by atoms with van der Waals surface area (Å²) in [6.07, 6.45) is 0.725. The van der Waals surface area contributed by atoms with Crippen LogP contribution in [0.15, 0.2) is 54.6 Å². The van der Waals surface area contributed by atoms with Crippen molar-refractivity contribution in [2.45, 2.75) is 20.3 Å². The van der Waals surface area contributed by atoms with Gasteiger partial charge < -0.3 is 15.4 Å². The number of rotatable bonds is 7. The Balaban J connectivity index is 1.89. The summed E-state index contributed by atoms with van der Waals surface area (Å²) in [5, 5.41) is 5.60. The van der Waals surface area contributed by atoms with Gasteiger partial charge in [0.1, 0.15) is 11.2 Å². The van der Waals surface area contributed by atoms with Crippen LogP contribution in [-0.4, -0.2) is 25.5 Å². The molecule has 2 N–H and O–H groups in total. The number of carbonyl (C=O) groups is 2. The Morgan fingerprint density at radius 3 is 2.20 bits per heavy atom. The number of anilines is 1. The molecule has 132 valence electrons. The summed E-state index contributed by atoms with van der Waals surface area (Å²) in [6.45, 7) is 3.72. The molecular formula is C20H24N2O3. The Bertz CT molecular complexity index is 709. The van der Waals surface area contributed by atoms with E-state index in [1.165, 1.54) is 0 Å².